The number of nitrogens with zero attached hydrogens (tertiary/aromatic N) is 1. The quantitative estimate of drug-likeness (QED) is 0.181. The summed E-state index contributed by atoms with van der Waals surface area (Å²) in [5.74, 6) is 0. The number of rotatable bonds is 5. The van der Waals surface area contributed by atoms with Crippen molar-refractivity contribution in [3.05, 3.63) is 176 Å². The third-order valence-electron chi connectivity index (χ3n) is 10.3. The second kappa shape index (κ2) is 11.5. The molecule has 0 N–H and O–H groups in total. The number of anilines is 3. The first-order chi connectivity index (χ1) is 25.7. The molecule has 0 amide bonds. The molecule has 0 spiro atoms. The molecule has 52 heavy (non-hydrogen) atoms. The average Bonchev–Trinajstić information content (AvgIpc) is 3.89. The molecule has 3 aromatic heterocycles. The Morgan fingerprint density at radius 3 is 1.33 bits per heavy atom. The van der Waals surface area contributed by atoms with E-state index in [-0.39, 0.29) is 0 Å². The lowest BCUT2D eigenvalue weighted by Gasteiger charge is -2.26. The Labute approximate surface area is 303 Å². The molecule has 8 aromatic carbocycles. The van der Waals surface area contributed by atoms with Crippen LogP contribution < -0.4 is 4.90 Å². The summed E-state index contributed by atoms with van der Waals surface area (Å²) in [6.45, 7) is 0. The fourth-order valence-electron chi connectivity index (χ4n) is 7.72. The van der Waals surface area contributed by atoms with Gasteiger partial charge in [-0.1, -0.05) is 97.1 Å². The van der Waals surface area contributed by atoms with Crippen molar-refractivity contribution in [2.75, 3.05) is 4.90 Å². The monoisotopic (exact) mass is 683 g/mol. The minimum Gasteiger partial charge on any atom is -0.456 e. The summed E-state index contributed by atoms with van der Waals surface area (Å²) in [5.41, 5.74) is 11.6. The third-order valence-corrected chi connectivity index (χ3v) is 11.4. The number of hydrogen-bond acceptors (Lipinski definition) is 4. The van der Waals surface area contributed by atoms with Crippen LogP contribution in [0.2, 0.25) is 0 Å². The Balaban J connectivity index is 1.00. The van der Waals surface area contributed by atoms with Crippen molar-refractivity contribution in [3.63, 3.8) is 0 Å². The van der Waals surface area contributed by atoms with Crippen molar-refractivity contribution in [2.45, 2.75) is 0 Å². The maximum atomic E-state index is 6.10. The predicted octanol–water partition coefficient (Wildman–Crippen LogP) is 14.7. The lowest BCUT2D eigenvalue weighted by molar-refractivity contribution is 0.668. The van der Waals surface area contributed by atoms with E-state index in [1.54, 1.807) is 0 Å². The van der Waals surface area contributed by atoms with E-state index in [2.05, 4.69) is 157 Å². The zero-order valence-electron chi connectivity index (χ0n) is 27.9. The first-order valence-electron chi connectivity index (χ1n) is 17.5. The van der Waals surface area contributed by atoms with Gasteiger partial charge in [0.15, 0.2) is 0 Å². The van der Waals surface area contributed by atoms with Gasteiger partial charge in [-0.15, -0.1) is 11.3 Å². The summed E-state index contributed by atoms with van der Waals surface area (Å²) in [7, 11) is 0. The maximum Gasteiger partial charge on any atom is 0.135 e. The van der Waals surface area contributed by atoms with Gasteiger partial charge in [-0.2, -0.15) is 0 Å². The van der Waals surface area contributed by atoms with Crippen molar-refractivity contribution in [1.29, 1.82) is 0 Å². The standard InChI is InChI=1S/C48H29NO2S/c1-4-10-43-37(7-1)41-27-32(17-25-45(41)50-43)30-13-19-34(20-14-30)49(36-23-24-40-39-9-3-6-12-47(39)52-48(40)29-36)35-21-15-31(16-22-35)33-18-26-46-42(28-33)38-8-2-5-11-44(38)51-46/h1-29H. The van der Waals surface area contributed by atoms with E-state index in [1.165, 1.54) is 20.2 Å². The first kappa shape index (κ1) is 29.1. The molecule has 0 saturated carbocycles. The van der Waals surface area contributed by atoms with Crippen molar-refractivity contribution >= 4 is 92.4 Å². The summed E-state index contributed by atoms with van der Waals surface area (Å²) >= 11 is 1.85. The fourth-order valence-corrected chi connectivity index (χ4v) is 8.86. The predicted molar refractivity (Wildman–Crippen MR) is 219 cm³/mol. The van der Waals surface area contributed by atoms with Crippen LogP contribution in [0.4, 0.5) is 17.1 Å². The summed E-state index contributed by atoms with van der Waals surface area (Å²) in [6, 6.07) is 62.8. The number of para-hydroxylation sites is 2. The molecule has 0 radical (unpaired) electrons. The highest BCUT2D eigenvalue weighted by Crippen LogP contribution is 2.42. The van der Waals surface area contributed by atoms with Crippen LogP contribution in [0.5, 0.6) is 0 Å². The van der Waals surface area contributed by atoms with Crippen molar-refractivity contribution in [3.8, 4) is 22.3 Å². The smallest absolute Gasteiger partial charge is 0.135 e. The lowest BCUT2D eigenvalue weighted by Crippen LogP contribution is -2.09. The van der Waals surface area contributed by atoms with Crippen LogP contribution in [0.1, 0.15) is 0 Å². The fraction of sp³-hybridized carbons (Fsp3) is 0. The molecule has 0 saturated heterocycles. The molecule has 3 heterocycles. The van der Waals surface area contributed by atoms with Gasteiger partial charge in [-0.05, 0) is 101 Å². The van der Waals surface area contributed by atoms with Crippen LogP contribution in [0, 0.1) is 0 Å². The molecule has 0 fully saturated rings. The summed E-state index contributed by atoms with van der Waals surface area (Å²) in [4.78, 5) is 2.36. The van der Waals surface area contributed by atoms with Gasteiger partial charge in [-0.3, -0.25) is 0 Å². The molecule has 0 atom stereocenters. The Kier molecular flexibility index (Phi) is 6.42. The van der Waals surface area contributed by atoms with Gasteiger partial charge in [0.1, 0.15) is 22.3 Å². The van der Waals surface area contributed by atoms with E-state index in [9.17, 15) is 0 Å². The van der Waals surface area contributed by atoms with Crippen LogP contribution in [0.3, 0.4) is 0 Å². The Bertz CT molecular complexity index is 2970. The molecular formula is C48H29NO2S. The van der Waals surface area contributed by atoms with Crippen LogP contribution in [-0.2, 0) is 0 Å². The Morgan fingerprint density at radius 1 is 0.308 bits per heavy atom. The molecule has 0 unspecified atom stereocenters. The number of hydrogen-bond donors (Lipinski definition) is 0. The molecule has 11 rings (SSSR count). The van der Waals surface area contributed by atoms with Gasteiger partial charge < -0.3 is 13.7 Å². The van der Waals surface area contributed by atoms with E-state index in [4.69, 9.17) is 8.83 Å². The first-order valence-corrected chi connectivity index (χ1v) is 18.3. The van der Waals surface area contributed by atoms with Gasteiger partial charge in [0.25, 0.3) is 0 Å². The van der Waals surface area contributed by atoms with Crippen molar-refractivity contribution in [2.24, 2.45) is 0 Å². The van der Waals surface area contributed by atoms with E-state index in [0.717, 1.165) is 83.2 Å². The minimum absolute atomic E-state index is 0.908. The second-order valence-corrected chi connectivity index (χ2v) is 14.4. The van der Waals surface area contributed by atoms with Crippen LogP contribution in [0.25, 0.3) is 86.3 Å². The third kappa shape index (κ3) is 4.65. The largest absolute Gasteiger partial charge is 0.456 e. The number of furan rings is 2. The lowest BCUT2D eigenvalue weighted by atomic mass is 10.0. The summed E-state index contributed by atoms with van der Waals surface area (Å²) in [5, 5.41) is 7.14. The Hall–Kier alpha value is -6.62. The van der Waals surface area contributed by atoms with Gasteiger partial charge in [0, 0.05) is 58.8 Å². The minimum atomic E-state index is 0.908. The number of benzene rings is 8. The van der Waals surface area contributed by atoms with Crippen LogP contribution in [-0.4, -0.2) is 0 Å². The van der Waals surface area contributed by atoms with E-state index in [1.807, 2.05) is 35.6 Å². The molecule has 0 aliphatic heterocycles. The molecule has 244 valence electrons. The molecule has 0 aliphatic rings. The molecule has 11 aromatic rings. The normalized spacial score (nSPS) is 11.8. The van der Waals surface area contributed by atoms with Crippen molar-refractivity contribution in [1.82, 2.24) is 0 Å². The average molecular weight is 684 g/mol. The van der Waals surface area contributed by atoms with Crippen LogP contribution >= 0.6 is 11.3 Å². The second-order valence-electron chi connectivity index (χ2n) is 13.3. The van der Waals surface area contributed by atoms with E-state index >= 15 is 0 Å². The number of thiophene rings is 1. The number of fused-ring (bicyclic) bond motifs is 9. The van der Waals surface area contributed by atoms with E-state index in [0.29, 0.717) is 0 Å². The zero-order chi connectivity index (χ0) is 34.2. The summed E-state index contributed by atoms with van der Waals surface area (Å²) in [6.07, 6.45) is 0. The molecule has 0 aliphatic carbocycles. The molecular weight excluding hydrogens is 655 g/mol. The topological polar surface area (TPSA) is 29.5 Å². The highest BCUT2D eigenvalue weighted by molar-refractivity contribution is 7.25. The summed E-state index contributed by atoms with van der Waals surface area (Å²) < 4.78 is 14.8. The Morgan fingerprint density at radius 2 is 0.750 bits per heavy atom. The van der Waals surface area contributed by atoms with E-state index < -0.39 is 0 Å². The van der Waals surface area contributed by atoms with Crippen molar-refractivity contribution < 1.29 is 8.83 Å². The molecule has 4 heteroatoms. The highest BCUT2D eigenvalue weighted by Gasteiger charge is 2.17. The zero-order valence-corrected chi connectivity index (χ0v) is 28.7. The van der Waals surface area contributed by atoms with Gasteiger partial charge in [-0.25, -0.2) is 0 Å². The maximum absolute atomic E-state index is 6.10. The van der Waals surface area contributed by atoms with Gasteiger partial charge in [0.05, 0.1) is 0 Å². The molecule has 0 bridgehead atoms. The highest BCUT2D eigenvalue weighted by atomic mass is 32.1. The van der Waals surface area contributed by atoms with Gasteiger partial charge >= 0.3 is 0 Å². The van der Waals surface area contributed by atoms with Crippen LogP contribution in [0.15, 0.2) is 185 Å². The SMILES string of the molecule is c1ccc2c(c1)oc1ccc(-c3ccc(N(c4ccc(-c5ccc6oc7ccccc7c6c5)cc4)c4ccc5c(c4)sc4ccccc45)cc3)cc12. The van der Waals surface area contributed by atoms with Gasteiger partial charge in [0.2, 0.25) is 0 Å². The molecule has 3 nitrogen and oxygen atoms in total.